The van der Waals surface area contributed by atoms with Gasteiger partial charge in [-0.1, -0.05) is 12.1 Å². The second-order valence-corrected chi connectivity index (χ2v) is 4.73. The number of methoxy groups -OCH3 is 1. The number of nitrogens with two attached hydrogens (primary N) is 1. The first-order valence-corrected chi connectivity index (χ1v) is 6.68. The van der Waals surface area contributed by atoms with Crippen LogP contribution in [0.2, 0.25) is 0 Å². The minimum Gasteiger partial charge on any atom is -0.496 e. The lowest BCUT2D eigenvalue weighted by molar-refractivity contribution is 0.0973. The molecule has 3 rings (SSSR count). The van der Waals surface area contributed by atoms with E-state index in [1.807, 2.05) is 24.3 Å². The maximum atomic E-state index is 12.8. The summed E-state index contributed by atoms with van der Waals surface area (Å²) >= 11 is 0. The van der Waals surface area contributed by atoms with Crippen molar-refractivity contribution >= 4 is 17.3 Å². The topological polar surface area (TPSA) is 64.8 Å². The molecule has 2 N–H and O–H groups in total. The van der Waals surface area contributed by atoms with Gasteiger partial charge in [0.15, 0.2) is 0 Å². The van der Waals surface area contributed by atoms with Crippen molar-refractivity contribution in [2.75, 3.05) is 30.9 Å². The van der Waals surface area contributed by atoms with Gasteiger partial charge in [-0.2, -0.15) is 0 Å². The van der Waals surface area contributed by atoms with Gasteiger partial charge in [0.1, 0.15) is 18.1 Å². The number of carbonyl (C=O) groups excluding carboxylic acids is 1. The molecule has 5 heteroatoms. The van der Waals surface area contributed by atoms with Crippen LogP contribution in [0.4, 0.5) is 11.4 Å². The summed E-state index contributed by atoms with van der Waals surface area (Å²) in [5.74, 6) is 1.07. The first kappa shape index (κ1) is 13.3. The van der Waals surface area contributed by atoms with E-state index < -0.39 is 0 Å². The van der Waals surface area contributed by atoms with E-state index in [0.29, 0.717) is 35.9 Å². The molecule has 21 heavy (non-hydrogen) atoms. The van der Waals surface area contributed by atoms with Crippen LogP contribution in [0.5, 0.6) is 11.5 Å². The highest BCUT2D eigenvalue weighted by Crippen LogP contribution is 2.33. The smallest absolute Gasteiger partial charge is 0.262 e. The second kappa shape index (κ2) is 5.36. The molecule has 0 atom stereocenters. The third-order valence-electron chi connectivity index (χ3n) is 3.43. The summed E-state index contributed by atoms with van der Waals surface area (Å²) in [4.78, 5) is 14.5. The van der Waals surface area contributed by atoms with E-state index in [1.54, 1.807) is 23.1 Å². The Labute approximate surface area is 122 Å². The molecular formula is C16H16N2O3. The number of anilines is 2. The fourth-order valence-electron chi connectivity index (χ4n) is 2.41. The number of benzene rings is 2. The van der Waals surface area contributed by atoms with Crippen molar-refractivity contribution in [3.8, 4) is 11.5 Å². The molecule has 0 aromatic heterocycles. The lowest BCUT2D eigenvalue weighted by Gasteiger charge is -2.29. The first-order valence-electron chi connectivity index (χ1n) is 6.68. The van der Waals surface area contributed by atoms with Crippen LogP contribution in [0.1, 0.15) is 10.4 Å². The Balaban J connectivity index is 2.00. The molecule has 0 radical (unpaired) electrons. The standard InChI is InChI=1S/C16H16N2O3/c1-20-15-10-11(17)6-7-12(15)16(19)18-8-9-21-14-5-3-2-4-13(14)18/h2-7,10H,8-9,17H2,1H3. The summed E-state index contributed by atoms with van der Waals surface area (Å²) in [5, 5.41) is 0. The number of nitrogen functional groups attached to an aromatic ring is 1. The molecule has 1 aliphatic heterocycles. The van der Waals surface area contributed by atoms with E-state index in [0.717, 1.165) is 5.69 Å². The molecule has 0 unspecified atom stereocenters. The van der Waals surface area contributed by atoms with Crippen LogP contribution in [0.25, 0.3) is 0 Å². The summed E-state index contributed by atoms with van der Waals surface area (Å²) in [5.41, 5.74) is 7.55. The van der Waals surface area contributed by atoms with Gasteiger partial charge in [-0.3, -0.25) is 4.79 Å². The SMILES string of the molecule is COc1cc(N)ccc1C(=O)N1CCOc2ccccc21. The number of hydrogen-bond donors (Lipinski definition) is 1. The Kier molecular flexibility index (Phi) is 3.39. The molecule has 1 aliphatic rings. The Morgan fingerprint density at radius 3 is 2.90 bits per heavy atom. The van der Waals surface area contributed by atoms with Crippen molar-refractivity contribution in [1.82, 2.24) is 0 Å². The van der Waals surface area contributed by atoms with E-state index in [1.165, 1.54) is 7.11 Å². The zero-order chi connectivity index (χ0) is 14.8. The summed E-state index contributed by atoms with van der Waals surface area (Å²) in [6.45, 7) is 0.976. The van der Waals surface area contributed by atoms with Gasteiger partial charge in [0.2, 0.25) is 0 Å². The highest BCUT2D eigenvalue weighted by atomic mass is 16.5. The number of rotatable bonds is 2. The van der Waals surface area contributed by atoms with Gasteiger partial charge in [-0.25, -0.2) is 0 Å². The Morgan fingerprint density at radius 2 is 2.10 bits per heavy atom. The zero-order valence-corrected chi connectivity index (χ0v) is 11.7. The zero-order valence-electron chi connectivity index (χ0n) is 11.7. The Hall–Kier alpha value is -2.69. The van der Waals surface area contributed by atoms with Crippen LogP contribution >= 0.6 is 0 Å². The number of fused-ring (bicyclic) bond motifs is 1. The molecule has 0 bridgehead atoms. The van der Waals surface area contributed by atoms with Crippen molar-refractivity contribution < 1.29 is 14.3 Å². The molecule has 0 spiro atoms. The molecule has 108 valence electrons. The number of nitrogens with zero attached hydrogens (tertiary/aromatic N) is 1. The van der Waals surface area contributed by atoms with Crippen molar-refractivity contribution in [3.63, 3.8) is 0 Å². The molecule has 2 aromatic rings. The average molecular weight is 284 g/mol. The van der Waals surface area contributed by atoms with E-state index in [2.05, 4.69) is 0 Å². The van der Waals surface area contributed by atoms with E-state index in [4.69, 9.17) is 15.2 Å². The first-order chi connectivity index (χ1) is 10.2. The number of ether oxygens (including phenoxy) is 2. The lowest BCUT2D eigenvalue weighted by Crippen LogP contribution is -2.38. The number of amides is 1. The molecule has 0 saturated heterocycles. The number of carbonyl (C=O) groups is 1. The van der Waals surface area contributed by atoms with Crippen LogP contribution in [-0.4, -0.2) is 26.2 Å². The van der Waals surface area contributed by atoms with Crippen LogP contribution < -0.4 is 20.1 Å². The van der Waals surface area contributed by atoms with Crippen molar-refractivity contribution in [2.45, 2.75) is 0 Å². The molecule has 2 aromatic carbocycles. The van der Waals surface area contributed by atoms with Crippen LogP contribution in [0.15, 0.2) is 42.5 Å². The summed E-state index contributed by atoms with van der Waals surface area (Å²) < 4.78 is 10.8. The predicted molar refractivity (Wildman–Crippen MR) is 81.0 cm³/mol. The van der Waals surface area contributed by atoms with Crippen LogP contribution in [-0.2, 0) is 0 Å². The Morgan fingerprint density at radius 1 is 1.29 bits per heavy atom. The number of hydrogen-bond acceptors (Lipinski definition) is 4. The monoisotopic (exact) mass is 284 g/mol. The minimum absolute atomic E-state index is 0.123. The fraction of sp³-hybridized carbons (Fsp3) is 0.188. The quantitative estimate of drug-likeness (QED) is 0.860. The predicted octanol–water partition coefficient (Wildman–Crippen LogP) is 2.32. The van der Waals surface area contributed by atoms with Gasteiger partial charge < -0.3 is 20.1 Å². The maximum absolute atomic E-state index is 12.8. The highest BCUT2D eigenvalue weighted by molar-refractivity contribution is 6.09. The van der Waals surface area contributed by atoms with Gasteiger partial charge >= 0.3 is 0 Å². The van der Waals surface area contributed by atoms with Gasteiger partial charge in [0.25, 0.3) is 5.91 Å². The summed E-state index contributed by atoms with van der Waals surface area (Å²) in [7, 11) is 1.53. The van der Waals surface area contributed by atoms with Gasteiger partial charge in [0.05, 0.1) is 24.9 Å². The summed E-state index contributed by atoms with van der Waals surface area (Å²) in [6.07, 6.45) is 0. The Bertz CT molecular complexity index is 685. The molecule has 0 fully saturated rings. The molecule has 0 aliphatic carbocycles. The highest BCUT2D eigenvalue weighted by Gasteiger charge is 2.26. The molecule has 1 heterocycles. The largest absolute Gasteiger partial charge is 0.496 e. The minimum atomic E-state index is -0.123. The van der Waals surface area contributed by atoms with Gasteiger partial charge in [-0.15, -0.1) is 0 Å². The normalized spacial score (nSPS) is 13.3. The molecule has 0 saturated carbocycles. The van der Waals surface area contributed by atoms with Gasteiger partial charge in [-0.05, 0) is 24.3 Å². The fourth-order valence-corrected chi connectivity index (χ4v) is 2.41. The van der Waals surface area contributed by atoms with E-state index in [9.17, 15) is 4.79 Å². The lowest BCUT2D eigenvalue weighted by atomic mass is 10.1. The van der Waals surface area contributed by atoms with E-state index >= 15 is 0 Å². The molecule has 5 nitrogen and oxygen atoms in total. The van der Waals surface area contributed by atoms with Crippen molar-refractivity contribution in [2.24, 2.45) is 0 Å². The number of para-hydroxylation sites is 2. The van der Waals surface area contributed by atoms with Crippen LogP contribution in [0, 0.1) is 0 Å². The molecule has 1 amide bonds. The van der Waals surface area contributed by atoms with Crippen LogP contribution in [0.3, 0.4) is 0 Å². The van der Waals surface area contributed by atoms with Gasteiger partial charge in [0, 0.05) is 11.8 Å². The van der Waals surface area contributed by atoms with Crippen molar-refractivity contribution in [1.29, 1.82) is 0 Å². The van der Waals surface area contributed by atoms with Crippen molar-refractivity contribution in [3.05, 3.63) is 48.0 Å². The third kappa shape index (κ3) is 2.38. The maximum Gasteiger partial charge on any atom is 0.262 e. The second-order valence-electron chi connectivity index (χ2n) is 4.73. The average Bonchev–Trinajstić information content (AvgIpc) is 2.53. The van der Waals surface area contributed by atoms with E-state index in [-0.39, 0.29) is 5.91 Å². The molecular weight excluding hydrogens is 268 g/mol. The third-order valence-corrected chi connectivity index (χ3v) is 3.43. The summed E-state index contributed by atoms with van der Waals surface area (Å²) in [6, 6.07) is 12.5.